The van der Waals surface area contributed by atoms with Crippen LogP contribution in [0.15, 0.2) is 0 Å². The molecular weight excluding hydrogens is 257 g/mol. The van der Waals surface area contributed by atoms with Crippen molar-refractivity contribution in [1.82, 2.24) is 9.97 Å². The highest BCUT2D eigenvalue weighted by Gasteiger charge is 2.26. The van der Waals surface area contributed by atoms with E-state index in [9.17, 15) is 13.2 Å². The average Bonchev–Trinajstić information content (AvgIpc) is 2.29. The van der Waals surface area contributed by atoms with Gasteiger partial charge in [-0.2, -0.15) is 13.2 Å². The number of nitrogens with zero attached hydrogens (tertiary/aromatic N) is 2. The van der Waals surface area contributed by atoms with Crippen molar-refractivity contribution in [3.8, 4) is 0 Å². The third-order valence-electron chi connectivity index (χ3n) is 2.62. The van der Waals surface area contributed by atoms with Crippen molar-refractivity contribution in [2.24, 2.45) is 0 Å². The zero-order valence-corrected chi connectivity index (χ0v) is 11.5. The van der Waals surface area contributed by atoms with Crippen molar-refractivity contribution in [2.75, 3.05) is 24.2 Å². The molecule has 0 spiro atoms. The monoisotopic (exact) mass is 276 g/mol. The molecule has 1 rings (SSSR count). The molecule has 0 bridgehead atoms. The van der Waals surface area contributed by atoms with Crippen LogP contribution in [0.1, 0.15) is 37.6 Å². The first kappa shape index (κ1) is 15.5. The maximum absolute atomic E-state index is 12.1. The summed E-state index contributed by atoms with van der Waals surface area (Å²) in [5.74, 6) is 1.79. The van der Waals surface area contributed by atoms with Crippen molar-refractivity contribution in [3.63, 3.8) is 0 Å². The lowest BCUT2D eigenvalue weighted by molar-refractivity contribution is -0.131. The zero-order valence-electron chi connectivity index (χ0n) is 11.5. The van der Waals surface area contributed by atoms with Gasteiger partial charge in [0.05, 0.1) is 6.42 Å². The molecule has 0 saturated heterocycles. The van der Waals surface area contributed by atoms with E-state index in [-0.39, 0.29) is 12.5 Å². The lowest BCUT2D eigenvalue weighted by Crippen LogP contribution is -2.17. The number of anilines is 2. The van der Waals surface area contributed by atoms with Crippen LogP contribution in [-0.2, 0) is 0 Å². The van der Waals surface area contributed by atoms with E-state index in [4.69, 9.17) is 0 Å². The number of rotatable bonds is 5. The molecule has 7 heteroatoms. The summed E-state index contributed by atoms with van der Waals surface area (Å²) in [4.78, 5) is 8.59. The van der Waals surface area contributed by atoms with Crippen LogP contribution < -0.4 is 10.6 Å². The fourth-order valence-corrected chi connectivity index (χ4v) is 1.53. The van der Waals surface area contributed by atoms with E-state index >= 15 is 0 Å². The highest BCUT2D eigenvalue weighted by molar-refractivity contribution is 5.57. The molecular formula is C12H19F3N4. The van der Waals surface area contributed by atoms with E-state index < -0.39 is 12.6 Å². The molecule has 4 nitrogen and oxygen atoms in total. The van der Waals surface area contributed by atoms with E-state index in [0.29, 0.717) is 23.0 Å². The number of hydrogen-bond acceptors (Lipinski definition) is 4. The Morgan fingerprint density at radius 3 is 2.21 bits per heavy atom. The lowest BCUT2D eigenvalue weighted by atomic mass is 10.2. The Kier molecular flexibility index (Phi) is 4.97. The quantitative estimate of drug-likeness (QED) is 0.866. The molecule has 2 N–H and O–H groups in total. The van der Waals surface area contributed by atoms with Gasteiger partial charge < -0.3 is 10.6 Å². The van der Waals surface area contributed by atoms with E-state index in [1.807, 2.05) is 13.8 Å². The van der Waals surface area contributed by atoms with Crippen molar-refractivity contribution < 1.29 is 13.2 Å². The Hall–Kier alpha value is -1.53. The van der Waals surface area contributed by atoms with Gasteiger partial charge in [0.2, 0.25) is 0 Å². The number of hydrogen-bond donors (Lipinski definition) is 2. The molecule has 0 unspecified atom stereocenters. The molecule has 0 aliphatic carbocycles. The molecule has 0 aliphatic heterocycles. The van der Waals surface area contributed by atoms with Gasteiger partial charge in [-0.1, -0.05) is 13.8 Å². The molecule has 108 valence electrons. The van der Waals surface area contributed by atoms with Gasteiger partial charge in [0.1, 0.15) is 17.5 Å². The van der Waals surface area contributed by atoms with E-state index in [2.05, 4.69) is 20.6 Å². The zero-order chi connectivity index (χ0) is 14.6. The van der Waals surface area contributed by atoms with E-state index in [1.54, 1.807) is 14.0 Å². The van der Waals surface area contributed by atoms with Crippen LogP contribution in [0.2, 0.25) is 0 Å². The molecule has 0 atom stereocenters. The van der Waals surface area contributed by atoms with Crippen molar-refractivity contribution in [3.05, 3.63) is 11.4 Å². The van der Waals surface area contributed by atoms with E-state index in [0.717, 1.165) is 0 Å². The molecule has 1 aromatic rings. The second kappa shape index (κ2) is 6.08. The summed E-state index contributed by atoms with van der Waals surface area (Å²) in [5.41, 5.74) is 0.717. The summed E-state index contributed by atoms with van der Waals surface area (Å²) < 4.78 is 36.4. The summed E-state index contributed by atoms with van der Waals surface area (Å²) >= 11 is 0. The van der Waals surface area contributed by atoms with Gasteiger partial charge in [-0.15, -0.1) is 0 Å². The highest BCUT2D eigenvalue weighted by Crippen LogP contribution is 2.24. The van der Waals surface area contributed by atoms with Gasteiger partial charge in [0.15, 0.2) is 0 Å². The third-order valence-corrected chi connectivity index (χ3v) is 2.62. The second-order valence-electron chi connectivity index (χ2n) is 4.60. The Bertz CT molecular complexity index is 430. The van der Waals surface area contributed by atoms with Crippen LogP contribution in [0.25, 0.3) is 0 Å². The smallest absolute Gasteiger partial charge is 0.373 e. The molecule has 0 amide bonds. The lowest BCUT2D eigenvalue weighted by Gasteiger charge is -2.15. The normalized spacial score (nSPS) is 11.8. The van der Waals surface area contributed by atoms with Gasteiger partial charge in [-0.25, -0.2) is 9.97 Å². The number of alkyl halides is 3. The maximum Gasteiger partial charge on any atom is 0.390 e. The highest BCUT2D eigenvalue weighted by atomic mass is 19.4. The SMILES string of the molecule is CNc1nc(C(C)C)nc(NCCC(F)(F)F)c1C. The van der Waals surface area contributed by atoms with Crippen LogP contribution in [0, 0.1) is 6.92 Å². The second-order valence-corrected chi connectivity index (χ2v) is 4.60. The number of halogens is 3. The minimum atomic E-state index is -4.17. The fraction of sp³-hybridized carbons (Fsp3) is 0.667. The van der Waals surface area contributed by atoms with E-state index in [1.165, 1.54) is 0 Å². The first-order valence-corrected chi connectivity index (χ1v) is 6.11. The van der Waals surface area contributed by atoms with Crippen LogP contribution in [0.5, 0.6) is 0 Å². The summed E-state index contributed by atoms with van der Waals surface area (Å²) in [6, 6.07) is 0. The fourth-order valence-electron chi connectivity index (χ4n) is 1.53. The van der Waals surface area contributed by atoms with Crippen LogP contribution in [0.3, 0.4) is 0 Å². The molecule has 19 heavy (non-hydrogen) atoms. The summed E-state index contributed by atoms with van der Waals surface area (Å²) in [6.07, 6.45) is -5.05. The predicted molar refractivity (Wildman–Crippen MR) is 69.6 cm³/mol. The van der Waals surface area contributed by atoms with Gasteiger partial charge in [0.25, 0.3) is 0 Å². The van der Waals surface area contributed by atoms with Crippen molar-refractivity contribution >= 4 is 11.6 Å². The Balaban J connectivity index is 2.89. The Morgan fingerprint density at radius 2 is 1.74 bits per heavy atom. The topological polar surface area (TPSA) is 49.8 Å². The van der Waals surface area contributed by atoms with Gasteiger partial charge >= 0.3 is 6.18 Å². The molecule has 0 radical (unpaired) electrons. The Morgan fingerprint density at radius 1 is 1.16 bits per heavy atom. The summed E-state index contributed by atoms with van der Waals surface area (Å²) in [7, 11) is 1.72. The first-order valence-electron chi connectivity index (χ1n) is 6.11. The van der Waals surface area contributed by atoms with Gasteiger partial charge in [0, 0.05) is 25.1 Å². The third kappa shape index (κ3) is 4.57. The van der Waals surface area contributed by atoms with Crippen LogP contribution in [-0.4, -0.2) is 29.7 Å². The molecule has 0 aromatic carbocycles. The molecule has 0 fully saturated rings. The first-order chi connectivity index (χ1) is 8.74. The number of aromatic nitrogens is 2. The van der Waals surface area contributed by atoms with Crippen molar-refractivity contribution in [1.29, 1.82) is 0 Å². The van der Waals surface area contributed by atoms with Crippen LogP contribution in [0.4, 0.5) is 24.8 Å². The minimum Gasteiger partial charge on any atom is -0.373 e. The average molecular weight is 276 g/mol. The van der Waals surface area contributed by atoms with Crippen molar-refractivity contribution in [2.45, 2.75) is 39.3 Å². The maximum atomic E-state index is 12.1. The Labute approximate surface area is 110 Å². The largest absolute Gasteiger partial charge is 0.390 e. The molecule has 1 heterocycles. The standard InChI is InChI=1S/C12H19F3N4/c1-7(2)9-18-10(16-4)8(3)11(19-9)17-6-5-12(13,14)15/h7H,5-6H2,1-4H3,(H2,16,17,18,19). The van der Waals surface area contributed by atoms with Gasteiger partial charge in [-0.05, 0) is 6.92 Å². The summed E-state index contributed by atoms with van der Waals surface area (Å²) in [6.45, 7) is 5.45. The van der Waals surface area contributed by atoms with Crippen LogP contribution >= 0.6 is 0 Å². The summed E-state index contributed by atoms with van der Waals surface area (Å²) in [5, 5.41) is 5.65. The number of nitrogens with one attached hydrogen (secondary N) is 2. The van der Waals surface area contributed by atoms with Gasteiger partial charge in [-0.3, -0.25) is 0 Å². The minimum absolute atomic E-state index is 0.107. The predicted octanol–water partition coefficient (Wildman–Crippen LogP) is 3.31. The molecule has 0 saturated carbocycles. The molecule has 0 aliphatic rings. The molecule has 1 aromatic heterocycles.